The number of carbonyl (C=O) groups excluding carboxylic acids is 3. The van der Waals surface area contributed by atoms with Crippen LogP contribution in [0.1, 0.15) is 24.8 Å². The zero-order chi connectivity index (χ0) is 18.1. The van der Waals surface area contributed by atoms with Gasteiger partial charge in [0.05, 0.1) is 6.54 Å². The Morgan fingerprint density at radius 2 is 1.88 bits per heavy atom. The standard InChI is InChI=1S/C17H23FN4O3/c18-14-6-4-13(5-7-14)11-20-17(25)21-12-15(23)19-8-2-10-22-9-1-3-16(22)24/h4-7H,1-3,8-12H2,(H,19,23)(H2,20,21,25). The summed E-state index contributed by atoms with van der Waals surface area (Å²) in [4.78, 5) is 36.5. The van der Waals surface area contributed by atoms with E-state index in [1.807, 2.05) is 0 Å². The van der Waals surface area contributed by atoms with Crippen molar-refractivity contribution >= 4 is 17.8 Å². The van der Waals surface area contributed by atoms with E-state index in [1.165, 1.54) is 12.1 Å². The van der Waals surface area contributed by atoms with E-state index in [9.17, 15) is 18.8 Å². The van der Waals surface area contributed by atoms with Crippen LogP contribution in [0.15, 0.2) is 24.3 Å². The molecule has 2 rings (SSSR count). The van der Waals surface area contributed by atoms with Gasteiger partial charge in [0.2, 0.25) is 11.8 Å². The van der Waals surface area contributed by atoms with Crippen molar-refractivity contribution < 1.29 is 18.8 Å². The summed E-state index contributed by atoms with van der Waals surface area (Å²) >= 11 is 0. The number of urea groups is 1. The third-order valence-electron chi connectivity index (χ3n) is 3.87. The maximum Gasteiger partial charge on any atom is 0.315 e. The molecule has 0 saturated carbocycles. The van der Waals surface area contributed by atoms with Crippen molar-refractivity contribution in [2.75, 3.05) is 26.2 Å². The van der Waals surface area contributed by atoms with E-state index in [-0.39, 0.29) is 30.7 Å². The van der Waals surface area contributed by atoms with Crippen molar-refractivity contribution in [3.63, 3.8) is 0 Å². The van der Waals surface area contributed by atoms with Crippen molar-refractivity contribution in [1.82, 2.24) is 20.9 Å². The van der Waals surface area contributed by atoms with Crippen LogP contribution in [0.4, 0.5) is 9.18 Å². The number of nitrogens with one attached hydrogen (secondary N) is 3. The van der Waals surface area contributed by atoms with Crippen molar-refractivity contribution in [2.24, 2.45) is 0 Å². The van der Waals surface area contributed by atoms with Crippen LogP contribution in [0.2, 0.25) is 0 Å². The van der Waals surface area contributed by atoms with Crippen LogP contribution in [-0.4, -0.2) is 48.9 Å². The zero-order valence-corrected chi connectivity index (χ0v) is 14.0. The van der Waals surface area contributed by atoms with Crippen molar-refractivity contribution in [2.45, 2.75) is 25.8 Å². The first-order valence-electron chi connectivity index (χ1n) is 8.35. The molecule has 0 atom stereocenters. The highest BCUT2D eigenvalue weighted by Crippen LogP contribution is 2.09. The smallest absolute Gasteiger partial charge is 0.315 e. The molecule has 1 heterocycles. The van der Waals surface area contributed by atoms with Gasteiger partial charge in [-0.1, -0.05) is 12.1 Å². The van der Waals surface area contributed by atoms with Crippen LogP contribution in [0.25, 0.3) is 0 Å². The predicted octanol–water partition coefficient (Wildman–Crippen LogP) is 0.754. The van der Waals surface area contributed by atoms with Gasteiger partial charge in [0, 0.05) is 32.6 Å². The van der Waals surface area contributed by atoms with Gasteiger partial charge in [0.15, 0.2) is 0 Å². The van der Waals surface area contributed by atoms with E-state index >= 15 is 0 Å². The summed E-state index contributed by atoms with van der Waals surface area (Å²) in [6, 6.07) is 5.32. The number of hydrogen-bond acceptors (Lipinski definition) is 3. The Hall–Kier alpha value is -2.64. The first kappa shape index (κ1) is 18.7. The van der Waals surface area contributed by atoms with Crippen LogP contribution in [0.5, 0.6) is 0 Å². The molecule has 0 unspecified atom stereocenters. The molecule has 1 saturated heterocycles. The SMILES string of the molecule is O=C(CNC(=O)NCc1ccc(F)cc1)NCCCN1CCCC1=O. The fourth-order valence-electron chi connectivity index (χ4n) is 2.51. The first-order chi connectivity index (χ1) is 12.0. The van der Waals surface area contributed by atoms with E-state index in [0.717, 1.165) is 18.5 Å². The molecular weight excluding hydrogens is 327 g/mol. The minimum atomic E-state index is -0.470. The second-order valence-corrected chi connectivity index (χ2v) is 5.85. The predicted molar refractivity (Wildman–Crippen MR) is 90.1 cm³/mol. The molecule has 0 bridgehead atoms. The number of benzene rings is 1. The van der Waals surface area contributed by atoms with Gasteiger partial charge in [-0.2, -0.15) is 0 Å². The van der Waals surface area contributed by atoms with Gasteiger partial charge in [-0.3, -0.25) is 9.59 Å². The van der Waals surface area contributed by atoms with Gasteiger partial charge in [-0.05, 0) is 30.5 Å². The van der Waals surface area contributed by atoms with Gasteiger partial charge in [-0.25, -0.2) is 9.18 Å². The van der Waals surface area contributed by atoms with Crippen LogP contribution < -0.4 is 16.0 Å². The molecule has 3 N–H and O–H groups in total. The van der Waals surface area contributed by atoms with Crippen molar-refractivity contribution in [3.8, 4) is 0 Å². The molecule has 0 aliphatic carbocycles. The zero-order valence-electron chi connectivity index (χ0n) is 14.0. The third kappa shape index (κ3) is 6.78. The first-order valence-corrected chi connectivity index (χ1v) is 8.35. The Balaban J connectivity index is 1.52. The average molecular weight is 350 g/mol. The quantitative estimate of drug-likeness (QED) is 0.605. The average Bonchev–Trinajstić information content (AvgIpc) is 3.01. The summed E-state index contributed by atoms with van der Waals surface area (Å²) in [5.41, 5.74) is 0.762. The second-order valence-electron chi connectivity index (χ2n) is 5.85. The summed E-state index contributed by atoms with van der Waals surface area (Å²) in [5.74, 6) is -0.450. The monoisotopic (exact) mass is 350 g/mol. The number of rotatable bonds is 8. The van der Waals surface area contributed by atoms with Gasteiger partial charge in [-0.15, -0.1) is 0 Å². The molecule has 7 nitrogen and oxygen atoms in total. The number of nitrogens with zero attached hydrogens (tertiary/aromatic N) is 1. The lowest BCUT2D eigenvalue weighted by Gasteiger charge is -2.15. The normalized spacial score (nSPS) is 13.6. The molecule has 1 aliphatic rings. The van der Waals surface area contributed by atoms with Gasteiger partial charge in [0.1, 0.15) is 5.82 Å². The molecule has 4 amide bonds. The number of amides is 4. The van der Waals surface area contributed by atoms with Crippen LogP contribution in [0, 0.1) is 5.82 Å². The minimum absolute atomic E-state index is 0.127. The Kier molecular flexibility index (Phi) is 7.18. The lowest BCUT2D eigenvalue weighted by atomic mass is 10.2. The molecule has 1 aliphatic heterocycles. The maximum atomic E-state index is 12.8. The lowest BCUT2D eigenvalue weighted by Crippen LogP contribution is -2.42. The fraction of sp³-hybridized carbons (Fsp3) is 0.471. The van der Waals surface area contributed by atoms with Gasteiger partial charge >= 0.3 is 6.03 Å². The number of hydrogen-bond donors (Lipinski definition) is 3. The van der Waals surface area contributed by atoms with Crippen LogP contribution in [-0.2, 0) is 16.1 Å². The fourth-order valence-corrected chi connectivity index (χ4v) is 2.51. The topological polar surface area (TPSA) is 90.5 Å². The van der Waals surface area contributed by atoms with E-state index in [1.54, 1.807) is 17.0 Å². The van der Waals surface area contributed by atoms with E-state index in [2.05, 4.69) is 16.0 Å². The van der Waals surface area contributed by atoms with Crippen LogP contribution >= 0.6 is 0 Å². The molecule has 1 fully saturated rings. The molecule has 25 heavy (non-hydrogen) atoms. The third-order valence-corrected chi connectivity index (χ3v) is 3.87. The highest BCUT2D eigenvalue weighted by molar-refractivity contribution is 5.83. The van der Waals surface area contributed by atoms with Crippen molar-refractivity contribution in [3.05, 3.63) is 35.6 Å². The lowest BCUT2D eigenvalue weighted by molar-refractivity contribution is -0.127. The van der Waals surface area contributed by atoms with E-state index in [4.69, 9.17) is 0 Å². The Morgan fingerprint density at radius 1 is 1.12 bits per heavy atom. The van der Waals surface area contributed by atoms with E-state index in [0.29, 0.717) is 25.9 Å². The Bertz CT molecular complexity index is 606. The molecule has 0 radical (unpaired) electrons. The Labute approximate surface area is 145 Å². The molecule has 0 aromatic heterocycles. The van der Waals surface area contributed by atoms with Crippen molar-refractivity contribution in [1.29, 1.82) is 0 Å². The summed E-state index contributed by atoms with van der Waals surface area (Å²) in [6.07, 6.45) is 2.21. The maximum absolute atomic E-state index is 12.8. The Morgan fingerprint density at radius 3 is 2.56 bits per heavy atom. The molecular formula is C17H23FN4O3. The molecule has 1 aromatic rings. The molecule has 0 spiro atoms. The molecule has 8 heteroatoms. The highest BCUT2D eigenvalue weighted by Gasteiger charge is 2.18. The summed E-state index contributed by atoms with van der Waals surface area (Å²) in [7, 11) is 0. The number of halogens is 1. The highest BCUT2D eigenvalue weighted by atomic mass is 19.1. The summed E-state index contributed by atoms with van der Waals surface area (Å²) < 4.78 is 12.8. The molecule has 136 valence electrons. The number of carbonyl (C=O) groups is 3. The van der Waals surface area contributed by atoms with E-state index < -0.39 is 6.03 Å². The summed E-state index contributed by atoms with van der Waals surface area (Å²) in [5, 5.41) is 7.73. The minimum Gasteiger partial charge on any atom is -0.355 e. The largest absolute Gasteiger partial charge is 0.355 e. The summed E-state index contributed by atoms with van der Waals surface area (Å²) in [6.45, 7) is 2.02. The molecule has 1 aromatic carbocycles. The van der Waals surface area contributed by atoms with Gasteiger partial charge in [0.25, 0.3) is 0 Å². The van der Waals surface area contributed by atoms with Gasteiger partial charge < -0.3 is 20.9 Å². The second kappa shape index (κ2) is 9.61. The van der Waals surface area contributed by atoms with Crippen LogP contribution in [0.3, 0.4) is 0 Å². The number of likely N-dealkylation sites (tertiary alicyclic amines) is 1.